The number of benzene rings is 1. The minimum Gasteiger partial charge on any atom is -0.508 e. The molecule has 1 aliphatic heterocycles. The average molecular weight is 286 g/mol. The van der Waals surface area contributed by atoms with Crippen LogP contribution in [0.25, 0.3) is 11.3 Å². The van der Waals surface area contributed by atoms with Gasteiger partial charge in [0.1, 0.15) is 5.75 Å². The van der Waals surface area contributed by atoms with Crippen molar-refractivity contribution < 1.29 is 5.11 Å². The summed E-state index contributed by atoms with van der Waals surface area (Å²) in [4.78, 5) is 2.18. The summed E-state index contributed by atoms with van der Waals surface area (Å²) in [6.07, 6.45) is 1.02. The summed E-state index contributed by atoms with van der Waals surface area (Å²) >= 11 is 0. The lowest BCUT2D eigenvalue weighted by Crippen LogP contribution is -2.26. The Kier molecular flexibility index (Phi) is 3.94. The molecular weight excluding hydrogens is 264 g/mol. The van der Waals surface area contributed by atoms with Crippen molar-refractivity contribution in [2.24, 2.45) is 0 Å². The molecule has 5 heteroatoms. The predicted octanol–water partition coefficient (Wildman–Crippen LogP) is 1.46. The van der Waals surface area contributed by atoms with Crippen molar-refractivity contribution in [3.8, 4) is 17.0 Å². The minimum atomic E-state index is 0.290. The molecule has 2 N–H and O–H groups in total. The number of aromatic nitrogens is 2. The third kappa shape index (κ3) is 2.94. The van der Waals surface area contributed by atoms with Gasteiger partial charge in [0.05, 0.1) is 12.2 Å². The van der Waals surface area contributed by atoms with Crippen molar-refractivity contribution >= 4 is 0 Å². The Bertz CT molecular complexity index is 616. The maximum absolute atomic E-state index is 9.45. The van der Waals surface area contributed by atoms with E-state index in [9.17, 15) is 5.11 Å². The number of phenolic OH excluding ortho intramolecular Hbond substituents is 1. The zero-order chi connectivity index (χ0) is 14.8. The Balaban J connectivity index is 1.98. The molecule has 2 heterocycles. The van der Waals surface area contributed by atoms with E-state index >= 15 is 0 Å². The lowest BCUT2D eigenvalue weighted by Gasteiger charge is -2.16. The van der Waals surface area contributed by atoms with E-state index in [-0.39, 0.29) is 5.75 Å². The maximum atomic E-state index is 9.45. The van der Waals surface area contributed by atoms with Crippen LogP contribution in [0.2, 0.25) is 0 Å². The number of nitrogens with zero attached hydrogens (tertiary/aromatic N) is 3. The van der Waals surface area contributed by atoms with Gasteiger partial charge in [-0.3, -0.25) is 4.68 Å². The van der Waals surface area contributed by atoms with E-state index in [1.54, 1.807) is 12.1 Å². The molecule has 1 aliphatic rings. The van der Waals surface area contributed by atoms with Crippen molar-refractivity contribution in [2.75, 3.05) is 27.2 Å². The number of rotatable bonds is 4. The molecule has 0 amide bonds. The van der Waals surface area contributed by atoms with Gasteiger partial charge >= 0.3 is 0 Å². The molecule has 0 radical (unpaired) electrons. The highest BCUT2D eigenvalue weighted by molar-refractivity contribution is 5.65. The van der Waals surface area contributed by atoms with Crippen LogP contribution in [0.1, 0.15) is 11.3 Å². The Morgan fingerprint density at radius 3 is 2.76 bits per heavy atom. The van der Waals surface area contributed by atoms with Crippen LogP contribution in [0.5, 0.6) is 5.75 Å². The molecular formula is C16H22N4O. The molecule has 0 atom stereocenters. The highest BCUT2D eigenvalue weighted by Gasteiger charge is 2.21. The van der Waals surface area contributed by atoms with Gasteiger partial charge in [0.2, 0.25) is 0 Å². The number of aromatic hydroxyl groups is 1. The van der Waals surface area contributed by atoms with E-state index < -0.39 is 0 Å². The van der Waals surface area contributed by atoms with Crippen LogP contribution in [-0.4, -0.2) is 47.0 Å². The van der Waals surface area contributed by atoms with Gasteiger partial charge in [0, 0.05) is 42.9 Å². The summed E-state index contributed by atoms with van der Waals surface area (Å²) in [6.45, 7) is 3.77. The highest BCUT2D eigenvalue weighted by atomic mass is 16.3. The SMILES string of the molecule is CN(C)CCn1nc(-c2ccc(O)cc2)c2c1CCNC2. The van der Waals surface area contributed by atoms with Crippen LogP contribution < -0.4 is 5.32 Å². The molecule has 3 rings (SSSR count). The van der Waals surface area contributed by atoms with Gasteiger partial charge in [-0.2, -0.15) is 5.10 Å². The summed E-state index contributed by atoms with van der Waals surface area (Å²) in [5.74, 6) is 0.290. The number of nitrogens with one attached hydrogen (secondary N) is 1. The van der Waals surface area contributed by atoms with Crippen molar-refractivity contribution in [3.63, 3.8) is 0 Å². The van der Waals surface area contributed by atoms with Crippen LogP contribution in [0, 0.1) is 0 Å². The molecule has 0 saturated heterocycles. The molecule has 5 nitrogen and oxygen atoms in total. The largest absolute Gasteiger partial charge is 0.508 e. The standard InChI is InChI=1S/C16H22N4O/c1-19(2)9-10-20-15-7-8-17-11-14(15)16(18-20)12-3-5-13(21)6-4-12/h3-6,17,21H,7-11H2,1-2H3. The summed E-state index contributed by atoms with van der Waals surface area (Å²) in [7, 11) is 4.16. The number of likely N-dealkylation sites (N-methyl/N-ethyl adjacent to an activating group) is 1. The van der Waals surface area contributed by atoms with E-state index in [1.807, 2.05) is 12.1 Å². The highest BCUT2D eigenvalue weighted by Crippen LogP contribution is 2.28. The van der Waals surface area contributed by atoms with Gasteiger partial charge in [-0.15, -0.1) is 0 Å². The Hall–Kier alpha value is -1.85. The lowest BCUT2D eigenvalue weighted by molar-refractivity contribution is 0.368. The van der Waals surface area contributed by atoms with Crippen molar-refractivity contribution in [3.05, 3.63) is 35.5 Å². The van der Waals surface area contributed by atoms with Gasteiger partial charge in [-0.1, -0.05) is 0 Å². The average Bonchev–Trinajstić information content (AvgIpc) is 2.85. The summed E-state index contributed by atoms with van der Waals surface area (Å²) < 4.78 is 2.15. The summed E-state index contributed by atoms with van der Waals surface area (Å²) in [5.41, 5.74) is 4.75. The van der Waals surface area contributed by atoms with Gasteiger partial charge in [0.15, 0.2) is 0 Å². The number of fused-ring (bicyclic) bond motifs is 1. The van der Waals surface area contributed by atoms with E-state index in [0.717, 1.165) is 43.9 Å². The zero-order valence-electron chi connectivity index (χ0n) is 12.6. The molecule has 0 saturated carbocycles. The molecule has 0 unspecified atom stereocenters. The van der Waals surface area contributed by atoms with Crippen LogP contribution in [-0.2, 0) is 19.5 Å². The van der Waals surface area contributed by atoms with E-state index in [2.05, 4.69) is 29.0 Å². The second kappa shape index (κ2) is 5.87. The monoisotopic (exact) mass is 286 g/mol. The molecule has 1 aromatic carbocycles. The third-order valence-corrected chi connectivity index (χ3v) is 3.91. The van der Waals surface area contributed by atoms with E-state index in [4.69, 9.17) is 5.10 Å². The van der Waals surface area contributed by atoms with E-state index in [1.165, 1.54) is 11.3 Å². The second-order valence-corrected chi connectivity index (χ2v) is 5.77. The number of phenols is 1. The first kappa shape index (κ1) is 14.1. The fourth-order valence-corrected chi connectivity index (χ4v) is 2.75. The quantitative estimate of drug-likeness (QED) is 0.893. The van der Waals surface area contributed by atoms with Gasteiger partial charge in [-0.05, 0) is 38.4 Å². The van der Waals surface area contributed by atoms with Crippen LogP contribution in [0.3, 0.4) is 0 Å². The molecule has 0 spiro atoms. The first-order chi connectivity index (χ1) is 10.1. The molecule has 0 fully saturated rings. The van der Waals surface area contributed by atoms with Gasteiger partial charge < -0.3 is 15.3 Å². The van der Waals surface area contributed by atoms with Crippen molar-refractivity contribution in [2.45, 2.75) is 19.5 Å². The second-order valence-electron chi connectivity index (χ2n) is 5.77. The first-order valence-electron chi connectivity index (χ1n) is 7.38. The predicted molar refractivity (Wildman–Crippen MR) is 83.3 cm³/mol. The maximum Gasteiger partial charge on any atom is 0.115 e. The first-order valence-corrected chi connectivity index (χ1v) is 7.38. The zero-order valence-corrected chi connectivity index (χ0v) is 12.6. The number of hydrogen-bond donors (Lipinski definition) is 2. The topological polar surface area (TPSA) is 53.3 Å². The Labute approximate surface area is 125 Å². The summed E-state index contributed by atoms with van der Waals surface area (Å²) in [5, 5.41) is 17.7. The fourth-order valence-electron chi connectivity index (χ4n) is 2.75. The van der Waals surface area contributed by atoms with Crippen LogP contribution >= 0.6 is 0 Å². The minimum absolute atomic E-state index is 0.290. The molecule has 21 heavy (non-hydrogen) atoms. The van der Waals surface area contributed by atoms with E-state index in [0.29, 0.717) is 0 Å². The fraction of sp³-hybridized carbons (Fsp3) is 0.438. The molecule has 2 aromatic rings. The van der Waals surface area contributed by atoms with Crippen LogP contribution in [0.4, 0.5) is 0 Å². The molecule has 1 aromatic heterocycles. The van der Waals surface area contributed by atoms with Gasteiger partial charge in [0.25, 0.3) is 0 Å². The van der Waals surface area contributed by atoms with Crippen molar-refractivity contribution in [1.82, 2.24) is 20.0 Å². The third-order valence-electron chi connectivity index (χ3n) is 3.91. The molecule has 0 aliphatic carbocycles. The lowest BCUT2D eigenvalue weighted by atomic mass is 10.0. The molecule has 112 valence electrons. The Morgan fingerprint density at radius 2 is 2.05 bits per heavy atom. The Morgan fingerprint density at radius 1 is 1.29 bits per heavy atom. The smallest absolute Gasteiger partial charge is 0.115 e. The normalized spacial score (nSPS) is 14.4. The van der Waals surface area contributed by atoms with Gasteiger partial charge in [-0.25, -0.2) is 0 Å². The van der Waals surface area contributed by atoms with Crippen LogP contribution in [0.15, 0.2) is 24.3 Å². The summed E-state index contributed by atoms with van der Waals surface area (Å²) in [6, 6.07) is 7.30. The molecule has 0 bridgehead atoms. The van der Waals surface area contributed by atoms with Crippen molar-refractivity contribution in [1.29, 1.82) is 0 Å². The number of hydrogen-bond acceptors (Lipinski definition) is 4.